The molecule has 100 valence electrons. The van der Waals surface area contributed by atoms with E-state index in [-0.39, 0.29) is 0 Å². The van der Waals surface area contributed by atoms with Crippen LogP contribution in [0.3, 0.4) is 0 Å². The fourth-order valence-corrected chi connectivity index (χ4v) is 0.962. The number of carbonyl (C=O) groups is 1. The smallest absolute Gasteiger partial charge is 0.331 e. The van der Waals surface area contributed by atoms with Gasteiger partial charge in [0.05, 0.1) is 6.61 Å². The van der Waals surface area contributed by atoms with E-state index in [1.165, 1.54) is 0 Å². The highest BCUT2D eigenvalue weighted by Gasteiger charge is 2.22. The second-order valence-electron chi connectivity index (χ2n) is 4.62. The van der Waals surface area contributed by atoms with Gasteiger partial charge in [-0.1, -0.05) is 0 Å². The Balaban J connectivity index is 4.28. The molecule has 0 unspecified atom stereocenters. The van der Waals surface area contributed by atoms with E-state index in [9.17, 15) is 15.0 Å². The zero-order chi connectivity index (χ0) is 13.6. The SMILES string of the molecule is CC(C)(C)OC(=O)/C=C/[C@@H](O)[C@@H](O)[C@H](O)CO. The molecule has 0 bridgehead atoms. The minimum atomic E-state index is -1.56. The topological polar surface area (TPSA) is 107 Å². The molecule has 0 fully saturated rings. The van der Waals surface area contributed by atoms with E-state index < -0.39 is 36.5 Å². The van der Waals surface area contributed by atoms with Gasteiger partial charge in [0, 0.05) is 6.08 Å². The van der Waals surface area contributed by atoms with Crippen LogP contribution in [0.25, 0.3) is 0 Å². The number of esters is 1. The van der Waals surface area contributed by atoms with Crippen LogP contribution >= 0.6 is 0 Å². The highest BCUT2D eigenvalue weighted by molar-refractivity contribution is 5.82. The molecule has 0 rings (SSSR count). The molecule has 6 nitrogen and oxygen atoms in total. The lowest BCUT2D eigenvalue weighted by atomic mass is 10.1. The Morgan fingerprint density at radius 1 is 1.29 bits per heavy atom. The Bertz CT molecular complexity index is 268. The van der Waals surface area contributed by atoms with Crippen LogP contribution in [0.4, 0.5) is 0 Å². The number of ether oxygens (including phenoxy) is 1. The lowest BCUT2D eigenvalue weighted by molar-refractivity contribution is -0.148. The summed E-state index contributed by atoms with van der Waals surface area (Å²) in [7, 11) is 0. The molecule has 6 heteroatoms. The van der Waals surface area contributed by atoms with Crippen LogP contribution in [0.1, 0.15) is 20.8 Å². The van der Waals surface area contributed by atoms with Gasteiger partial charge >= 0.3 is 5.97 Å². The van der Waals surface area contributed by atoms with Crippen molar-refractivity contribution in [3.63, 3.8) is 0 Å². The second-order valence-corrected chi connectivity index (χ2v) is 4.62. The van der Waals surface area contributed by atoms with Crippen molar-refractivity contribution in [3.05, 3.63) is 12.2 Å². The fraction of sp³-hybridized carbons (Fsp3) is 0.727. The number of rotatable bonds is 5. The highest BCUT2D eigenvalue weighted by Crippen LogP contribution is 2.08. The molecule has 0 aromatic carbocycles. The monoisotopic (exact) mass is 248 g/mol. The van der Waals surface area contributed by atoms with Crippen LogP contribution in [0.15, 0.2) is 12.2 Å². The highest BCUT2D eigenvalue weighted by atomic mass is 16.6. The summed E-state index contributed by atoms with van der Waals surface area (Å²) in [5.41, 5.74) is -0.643. The van der Waals surface area contributed by atoms with E-state index in [0.717, 1.165) is 12.2 Å². The number of hydrogen-bond acceptors (Lipinski definition) is 6. The molecule has 0 aromatic heterocycles. The predicted octanol–water partition coefficient (Wildman–Crippen LogP) is -1.04. The van der Waals surface area contributed by atoms with E-state index in [4.69, 9.17) is 14.9 Å². The molecular weight excluding hydrogens is 228 g/mol. The van der Waals surface area contributed by atoms with Crippen molar-refractivity contribution >= 4 is 5.97 Å². The van der Waals surface area contributed by atoms with Crippen LogP contribution in [0.5, 0.6) is 0 Å². The van der Waals surface area contributed by atoms with Crippen molar-refractivity contribution in [1.29, 1.82) is 0 Å². The van der Waals surface area contributed by atoms with Crippen LogP contribution in [-0.2, 0) is 9.53 Å². The van der Waals surface area contributed by atoms with Crippen molar-refractivity contribution in [2.24, 2.45) is 0 Å². The van der Waals surface area contributed by atoms with Crippen LogP contribution in [0.2, 0.25) is 0 Å². The molecule has 0 radical (unpaired) electrons. The van der Waals surface area contributed by atoms with E-state index in [2.05, 4.69) is 0 Å². The number of hydrogen-bond donors (Lipinski definition) is 4. The van der Waals surface area contributed by atoms with Crippen molar-refractivity contribution < 1.29 is 30.0 Å². The molecule has 0 aliphatic rings. The predicted molar refractivity (Wildman–Crippen MR) is 60.1 cm³/mol. The van der Waals surface area contributed by atoms with Gasteiger partial charge in [-0.3, -0.25) is 0 Å². The maximum Gasteiger partial charge on any atom is 0.331 e. The summed E-state index contributed by atoms with van der Waals surface area (Å²) in [5.74, 6) is -0.665. The second kappa shape index (κ2) is 6.70. The number of carbonyl (C=O) groups excluding carboxylic acids is 1. The zero-order valence-corrected chi connectivity index (χ0v) is 10.2. The molecule has 0 heterocycles. The average molecular weight is 248 g/mol. The number of aliphatic hydroxyl groups is 4. The van der Waals surface area contributed by atoms with Crippen LogP contribution in [0, 0.1) is 0 Å². The van der Waals surface area contributed by atoms with Gasteiger partial charge in [-0.25, -0.2) is 4.79 Å². The standard InChI is InChI=1S/C11H20O6/c1-11(2,3)17-9(15)5-4-7(13)10(16)8(14)6-12/h4-5,7-8,10,12-14,16H,6H2,1-3H3/b5-4+/t7-,8-,10-/m1/s1. The first-order chi connectivity index (χ1) is 7.67. The van der Waals surface area contributed by atoms with E-state index in [0.29, 0.717) is 0 Å². The third kappa shape index (κ3) is 7.06. The van der Waals surface area contributed by atoms with Crippen LogP contribution < -0.4 is 0 Å². The molecule has 0 spiro atoms. The molecule has 0 aromatic rings. The van der Waals surface area contributed by atoms with Gasteiger partial charge in [0.1, 0.15) is 23.9 Å². The van der Waals surface area contributed by atoms with Crippen LogP contribution in [-0.4, -0.2) is 56.9 Å². The maximum absolute atomic E-state index is 11.2. The van der Waals surface area contributed by atoms with Gasteiger partial charge in [-0.2, -0.15) is 0 Å². The Labute approximate surface area is 100 Å². The summed E-state index contributed by atoms with van der Waals surface area (Å²) >= 11 is 0. The summed E-state index contributed by atoms with van der Waals surface area (Å²) in [4.78, 5) is 11.2. The molecular formula is C11H20O6. The minimum Gasteiger partial charge on any atom is -0.457 e. The van der Waals surface area contributed by atoms with Gasteiger partial charge in [0.2, 0.25) is 0 Å². The normalized spacial score (nSPS) is 17.8. The lowest BCUT2D eigenvalue weighted by Crippen LogP contribution is -2.38. The first-order valence-electron chi connectivity index (χ1n) is 5.23. The first kappa shape index (κ1) is 16.1. The molecule has 4 N–H and O–H groups in total. The lowest BCUT2D eigenvalue weighted by Gasteiger charge is -2.20. The van der Waals surface area contributed by atoms with Crippen molar-refractivity contribution in [2.45, 2.75) is 44.7 Å². The Morgan fingerprint density at radius 2 is 1.82 bits per heavy atom. The Hall–Kier alpha value is -0.950. The summed E-state index contributed by atoms with van der Waals surface area (Å²) in [6.07, 6.45) is -2.52. The maximum atomic E-state index is 11.2. The molecule has 17 heavy (non-hydrogen) atoms. The first-order valence-corrected chi connectivity index (χ1v) is 5.23. The zero-order valence-electron chi connectivity index (χ0n) is 10.2. The summed E-state index contributed by atoms with van der Waals surface area (Å²) < 4.78 is 4.92. The number of aliphatic hydroxyl groups excluding tert-OH is 4. The third-order valence-electron chi connectivity index (χ3n) is 1.77. The molecule has 0 amide bonds. The molecule has 0 aliphatic carbocycles. The van der Waals surface area contributed by atoms with Crippen molar-refractivity contribution in [1.82, 2.24) is 0 Å². The van der Waals surface area contributed by atoms with Gasteiger partial charge < -0.3 is 25.2 Å². The average Bonchev–Trinajstić information content (AvgIpc) is 2.21. The summed E-state index contributed by atoms with van der Waals surface area (Å²) in [5, 5.41) is 36.2. The van der Waals surface area contributed by atoms with Crippen molar-refractivity contribution in [3.8, 4) is 0 Å². The molecule has 0 saturated carbocycles. The largest absolute Gasteiger partial charge is 0.457 e. The van der Waals surface area contributed by atoms with E-state index in [1.54, 1.807) is 20.8 Å². The Kier molecular flexibility index (Phi) is 6.33. The molecule has 0 aliphatic heterocycles. The van der Waals surface area contributed by atoms with E-state index in [1.807, 2.05) is 0 Å². The minimum absolute atomic E-state index is 0.643. The molecule has 3 atom stereocenters. The quantitative estimate of drug-likeness (QED) is 0.366. The fourth-order valence-electron chi connectivity index (χ4n) is 0.962. The van der Waals surface area contributed by atoms with Gasteiger partial charge in [0.15, 0.2) is 0 Å². The van der Waals surface area contributed by atoms with Gasteiger partial charge in [-0.05, 0) is 26.8 Å². The summed E-state index contributed by atoms with van der Waals surface area (Å²) in [6.45, 7) is 4.40. The van der Waals surface area contributed by atoms with Crippen molar-refractivity contribution in [2.75, 3.05) is 6.61 Å². The summed E-state index contributed by atoms with van der Waals surface area (Å²) in [6, 6.07) is 0. The van der Waals surface area contributed by atoms with E-state index >= 15 is 0 Å². The molecule has 0 saturated heterocycles. The Morgan fingerprint density at radius 3 is 2.24 bits per heavy atom. The third-order valence-corrected chi connectivity index (χ3v) is 1.77. The van der Waals surface area contributed by atoms with Gasteiger partial charge in [-0.15, -0.1) is 0 Å². The van der Waals surface area contributed by atoms with Gasteiger partial charge in [0.25, 0.3) is 0 Å².